The number of hydrazine groups is 1. The molecule has 0 spiro atoms. The summed E-state index contributed by atoms with van der Waals surface area (Å²) in [7, 11) is 0. The van der Waals surface area contributed by atoms with E-state index in [1.165, 1.54) is 0 Å². The van der Waals surface area contributed by atoms with Crippen molar-refractivity contribution in [2.45, 2.75) is 22.8 Å². The third-order valence-corrected chi connectivity index (χ3v) is 7.19. The first-order chi connectivity index (χ1) is 18.0. The van der Waals surface area contributed by atoms with E-state index in [1.54, 1.807) is 23.9 Å². The summed E-state index contributed by atoms with van der Waals surface area (Å²) in [6.07, 6.45) is 0.180. The van der Waals surface area contributed by atoms with E-state index in [0.717, 1.165) is 38.0 Å². The average Bonchev–Trinajstić information content (AvgIpc) is 3.08. The molecule has 0 bridgehead atoms. The molecular weight excluding hydrogens is 504 g/mol. The zero-order valence-electron chi connectivity index (χ0n) is 19.8. The Bertz CT molecular complexity index is 1470. The van der Waals surface area contributed by atoms with E-state index in [4.69, 9.17) is 11.6 Å². The van der Waals surface area contributed by atoms with E-state index < -0.39 is 5.91 Å². The fraction of sp³-hybridized carbons (Fsp3) is 0.0690. The van der Waals surface area contributed by atoms with Gasteiger partial charge in [-0.05, 0) is 53.6 Å². The first kappa shape index (κ1) is 24.6. The number of carbonyl (C=O) groups is 2. The second kappa shape index (κ2) is 11.3. The van der Waals surface area contributed by atoms with Crippen molar-refractivity contribution in [1.29, 1.82) is 0 Å². The third kappa shape index (κ3) is 6.20. The molecule has 5 rings (SSSR count). The van der Waals surface area contributed by atoms with Crippen LogP contribution in [0, 0.1) is 0 Å². The topological polar surface area (TPSA) is 84.2 Å². The summed E-state index contributed by atoms with van der Waals surface area (Å²) in [5, 5.41) is 4.18. The molecule has 0 saturated heterocycles. The van der Waals surface area contributed by atoms with Crippen LogP contribution in [0.4, 0.5) is 5.69 Å². The molecule has 6 nitrogen and oxygen atoms in total. The number of rotatable bonds is 5. The molecule has 0 atom stereocenters. The van der Waals surface area contributed by atoms with Crippen LogP contribution >= 0.6 is 23.4 Å². The maximum Gasteiger partial charge on any atom is 0.281 e. The summed E-state index contributed by atoms with van der Waals surface area (Å²) in [6.45, 7) is 0.599. The number of carbonyl (C=O) groups excluding carboxylic acids is 2. The van der Waals surface area contributed by atoms with Gasteiger partial charge in [0.15, 0.2) is 0 Å². The number of benzene rings is 4. The van der Waals surface area contributed by atoms with Crippen molar-refractivity contribution in [3.8, 4) is 0 Å². The molecular formula is C29H24ClN4O2S+. The molecule has 4 aromatic rings. The van der Waals surface area contributed by atoms with Gasteiger partial charge >= 0.3 is 0 Å². The third-order valence-electron chi connectivity index (χ3n) is 5.78. The maximum absolute atomic E-state index is 12.8. The van der Waals surface area contributed by atoms with Crippen molar-refractivity contribution in [3.63, 3.8) is 0 Å². The molecule has 8 heteroatoms. The van der Waals surface area contributed by atoms with E-state index in [-0.39, 0.29) is 12.3 Å². The lowest BCUT2D eigenvalue weighted by Crippen LogP contribution is -2.73. The molecule has 2 amide bonds. The van der Waals surface area contributed by atoms with Gasteiger partial charge in [-0.3, -0.25) is 25.4 Å². The molecule has 1 heterocycles. The van der Waals surface area contributed by atoms with Crippen molar-refractivity contribution >= 4 is 46.7 Å². The average molecular weight is 528 g/mol. The van der Waals surface area contributed by atoms with Crippen LogP contribution in [0.2, 0.25) is 5.02 Å². The number of anilines is 1. The molecule has 184 valence electrons. The SMILES string of the molecule is O=C(Cc1ccccc1)NNC(=O)c1ccc2c(c1)NC(=[NH+]Cc1ccc(Cl)cc1)c1ccccc1S2. The highest BCUT2D eigenvalue weighted by atomic mass is 35.5. The second-order valence-electron chi connectivity index (χ2n) is 8.45. The van der Waals surface area contributed by atoms with Gasteiger partial charge in [0, 0.05) is 15.5 Å². The van der Waals surface area contributed by atoms with Gasteiger partial charge in [-0.15, -0.1) is 0 Å². The zero-order valence-corrected chi connectivity index (χ0v) is 21.3. The molecule has 37 heavy (non-hydrogen) atoms. The quantitative estimate of drug-likeness (QED) is 0.296. The monoisotopic (exact) mass is 527 g/mol. The Labute approximate surface area is 224 Å². The molecule has 4 aromatic carbocycles. The summed E-state index contributed by atoms with van der Waals surface area (Å²) >= 11 is 7.65. The van der Waals surface area contributed by atoms with Crippen molar-refractivity contribution in [3.05, 3.63) is 124 Å². The second-order valence-corrected chi connectivity index (χ2v) is 9.97. The smallest absolute Gasteiger partial charge is 0.273 e. The van der Waals surface area contributed by atoms with Gasteiger partial charge in [0.25, 0.3) is 11.7 Å². The highest BCUT2D eigenvalue weighted by Gasteiger charge is 2.24. The van der Waals surface area contributed by atoms with Gasteiger partial charge < -0.3 is 0 Å². The lowest BCUT2D eigenvalue weighted by atomic mass is 10.1. The minimum atomic E-state index is -0.395. The molecule has 0 radical (unpaired) electrons. The zero-order chi connectivity index (χ0) is 25.6. The molecule has 0 unspecified atom stereocenters. The fourth-order valence-electron chi connectivity index (χ4n) is 3.90. The van der Waals surface area contributed by atoms with E-state index in [0.29, 0.717) is 17.1 Å². The Morgan fingerprint density at radius 3 is 2.38 bits per heavy atom. The lowest BCUT2D eigenvalue weighted by Gasteiger charge is -2.09. The number of hydrogen-bond acceptors (Lipinski definition) is 3. The fourth-order valence-corrected chi connectivity index (χ4v) is 5.04. The summed E-state index contributed by atoms with van der Waals surface area (Å²) in [5.74, 6) is 0.152. The Balaban J connectivity index is 1.33. The minimum Gasteiger partial charge on any atom is -0.273 e. The highest BCUT2D eigenvalue weighted by molar-refractivity contribution is 7.99. The van der Waals surface area contributed by atoms with E-state index in [9.17, 15) is 9.59 Å². The molecule has 1 aliphatic heterocycles. The Morgan fingerprint density at radius 2 is 1.57 bits per heavy atom. The lowest BCUT2D eigenvalue weighted by molar-refractivity contribution is -0.474. The van der Waals surface area contributed by atoms with Gasteiger partial charge in [0.05, 0.1) is 16.9 Å². The number of amidine groups is 1. The minimum absolute atomic E-state index is 0.180. The predicted octanol–water partition coefficient (Wildman–Crippen LogP) is 3.95. The maximum atomic E-state index is 12.8. The summed E-state index contributed by atoms with van der Waals surface area (Å²) in [6, 6.07) is 30.6. The van der Waals surface area contributed by atoms with E-state index >= 15 is 0 Å². The normalized spacial score (nSPS) is 13.1. The van der Waals surface area contributed by atoms with Crippen LogP contribution in [0.5, 0.6) is 0 Å². The molecule has 0 aliphatic carbocycles. The van der Waals surface area contributed by atoms with Crippen LogP contribution in [0.1, 0.15) is 27.0 Å². The Hall–Kier alpha value is -4.07. The molecule has 1 aliphatic rings. The van der Waals surface area contributed by atoms with E-state index in [2.05, 4.69) is 33.3 Å². The van der Waals surface area contributed by atoms with Crippen molar-refractivity contribution in [2.24, 2.45) is 0 Å². The number of nitrogens with one attached hydrogen (secondary N) is 4. The van der Waals surface area contributed by atoms with Crippen molar-refractivity contribution < 1.29 is 14.6 Å². The van der Waals surface area contributed by atoms with Gasteiger partial charge in [-0.1, -0.05) is 78.0 Å². The highest BCUT2D eigenvalue weighted by Crippen LogP contribution is 2.38. The van der Waals surface area contributed by atoms with Crippen molar-refractivity contribution in [1.82, 2.24) is 10.9 Å². The van der Waals surface area contributed by atoms with E-state index in [1.807, 2.05) is 72.8 Å². The first-order valence-corrected chi connectivity index (χ1v) is 12.9. The molecule has 0 saturated carbocycles. The summed E-state index contributed by atoms with van der Waals surface area (Å²) in [4.78, 5) is 30.6. The van der Waals surface area contributed by atoms with Crippen molar-refractivity contribution in [2.75, 3.05) is 5.32 Å². The standard InChI is InChI=1S/C29H23ClN4O2S/c30-22-13-10-20(11-14-22)18-31-28-23-8-4-5-9-25(23)37-26-15-12-21(17-24(26)32-28)29(36)34-33-27(35)16-19-6-2-1-3-7-19/h1-15,17H,16,18H2,(H,31,32)(H,33,35)(H,34,36)/p+1. The van der Waals surface area contributed by atoms with Gasteiger partial charge in [-0.25, -0.2) is 5.32 Å². The van der Waals surface area contributed by atoms with Crippen LogP contribution in [-0.2, 0) is 17.8 Å². The van der Waals surface area contributed by atoms with Crippen LogP contribution < -0.4 is 21.2 Å². The summed E-state index contributed by atoms with van der Waals surface area (Å²) in [5.41, 5.74) is 9.23. The van der Waals surface area contributed by atoms with Crippen LogP contribution in [-0.4, -0.2) is 17.6 Å². The number of fused-ring (bicyclic) bond motifs is 2. The molecule has 0 fully saturated rings. The molecule has 4 N–H and O–H groups in total. The molecule has 0 aromatic heterocycles. The Morgan fingerprint density at radius 1 is 0.811 bits per heavy atom. The van der Waals surface area contributed by atoms with Crippen LogP contribution in [0.25, 0.3) is 0 Å². The van der Waals surface area contributed by atoms with Gasteiger partial charge in [0.2, 0.25) is 5.91 Å². The predicted molar refractivity (Wildman–Crippen MR) is 147 cm³/mol. The van der Waals surface area contributed by atoms with Gasteiger partial charge in [-0.2, -0.15) is 0 Å². The van der Waals surface area contributed by atoms with Gasteiger partial charge in [0.1, 0.15) is 12.2 Å². The Kier molecular flexibility index (Phi) is 7.54. The number of hydrogen-bond donors (Lipinski definition) is 4. The largest absolute Gasteiger partial charge is 0.281 e. The number of halogens is 1. The summed E-state index contributed by atoms with van der Waals surface area (Å²) < 4.78 is 0. The first-order valence-electron chi connectivity index (χ1n) is 11.7. The number of amides is 2. The van der Waals surface area contributed by atoms with Crippen LogP contribution in [0.15, 0.2) is 107 Å². The van der Waals surface area contributed by atoms with Crippen LogP contribution in [0.3, 0.4) is 0 Å².